The second-order valence-electron chi connectivity index (χ2n) is 6.96. The number of nitrogens with two attached hydrogens (primary N) is 1. The van der Waals surface area contributed by atoms with E-state index in [0.717, 1.165) is 23.5 Å². The third-order valence-electron chi connectivity index (χ3n) is 4.11. The Morgan fingerprint density at radius 2 is 1.78 bits per heavy atom. The smallest absolute Gasteiger partial charge is 0.244 e. The number of rotatable bonds is 9. The lowest BCUT2D eigenvalue weighted by Crippen LogP contribution is -2.28. The lowest BCUT2D eigenvalue weighted by molar-refractivity contribution is -0.114. The number of primary amides is 1. The minimum absolute atomic E-state index is 0.384. The normalized spacial score (nSPS) is 11.5. The number of carbonyl (C=O) groups is 1. The van der Waals surface area contributed by atoms with E-state index in [4.69, 9.17) is 22.1 Å². The summed E-state index contributed by atoms with van der Waals surface area (Å²) >= 11 is 5.90. The Hall–Kier alpha value is -2.46. The Morgan fingerprint density at radius 3 is 2.33 bits per heavy atom. The fraction of sp³-hybridized carbons (Fsp3) is 0.318. The van der Waals surface area contributed by atoms with Crippen LogP contribution in [0, 0.1) is 5.92 Å². The predicted molar refractivity (Wildman–Crippen MR) is 112 cm³/mol. The molecule has 1 amide bonds. The average molecular weight is 387 g/mol. The third kappa shape index (κ3) is 6.99. The molecule has 5 heteroatoms. The molecule has 0 aliphatic heterocycles. The minimum atomic E-state index is -0.384. The zero-order valence-corrected chi connectivity index (χ0v) is 16.9. The summed E-state index contributed by atoms with van der Waals surface area (Å²) in [6, 6.07) is 15.6. The SMILES string of the molecule is CC(=CCN(CC(C)C)c1ccc(OCc2ccc(Cl)cc2)cc1)C(N)=O. The maximum absolute atomic E-state index is 11.2. The van der Waals surface area contributed by atoms with Crippen LogP contribution in [0.2, 0.25) is 5.02 Å². The van der Waals surface area contributed by atoms with Gasteiger partial charge >= 0.3 is 0 Å². The van der Waals surface area contributed by atoms with Crippen molar-refractivity contribution in [3.05, 3.63) is 70.8 Å². The molecule has 2 N–H and O–H groups in total. The van der Waals surface area contributed by atoms with E-state index in [-0.39, 0.29) is 5.91 Å². The Balaban J connectivity index is 2.03. The zero-order valence-electron chi connectivity index (χ0n) is 16.1. The van der Waals surface area contributed by atoms with Crippen LogP contribution in [0.1, 0.15) is 26.3 Å². The highest BCUT2D eigenvalue weighted by Crippen LogP contribution is 2.22. The lowest BCUT2D eigenvalue weighted by Gasteiger charge is -2.26. The van der Waals surface area contributed by atoms with E-state index in [2.05, 4.69) is 18.7 Å². The van der Waals surface area contributed by atoms with Crippen molar-refractivity contribution in [2.24, 2.45) is 11.7 Å². The summed E-state index contributed by atoms with van der Waals surface area (Å²) in [6.07, 6.45) is 1.87. The van der Waals surface area contributed by atoms with Crippen molar-refractivity contribution in [2.75, 3.05) is 18.0 Å². The van der Waals surface area contributed by atoms with Gasteiger partial charge in [-0.1, -0.05) is 43.7 Å². The number of hydrogen-bond donors (Lipinski definition) is 1. The Bertz CT molecular complexity index is 768. The Morgan fingerprint density at radius 1 is 1.15 bits per heavy atom. The summed E-state index contributed by atoms with van der Waals surface area (Å²) in [6.45, 7) is 8.09. The lowest BCUT2D eigenvalue weighted by atomic mass is 10.1. The van der Waals surface area contributed by atoms with Crippen LogP contribution in [0.5, 0.6) is 5.75 Å². The van der Waals surface area contributed by atoms with Crippen LogP contribution >= 0.6 is 11.6 Å². The summed E-state index contributed by atoms with van der Waals surface area (Å²) in [5.41, 5.74) is 8.04. The van der Waals surface area contributed by atoms with Gasteiger partial charge in [0, 0.05) is 29.4 Å². The van der Waals surface area contributed by atoms with E-state index in [1.807, 2.05) is 54.6 Å². The highest BCUT2D eigenvalue weighted by Gasteiger charge is 2.09. The van der Waals surface area contributed by atoms with Gasteiger partial charge in [-0.2, -0.15) is 0 Å². The molecule has 27 heavy (non-hydrogen) atoms. The molecule has 0 aliphatic rings. The molecule has 0 unspecified atom stereocenters. The molecule has 0 radical (unpaired) electrons. The highest BCUT2D eigenvalue weighted by molar-refractivity contribution is 6.30. The van der Waals surface area contributed by atoms with Crippen LogP contribution in [0.4, 0.5) is 5.69 Å². The zero-order chi connectivity index (χ0) is 19.8. The first-order valence-corrected chi connectivity index (χ1v) is 9.41. The Kier molecular flexibility index (Phi) is 7.74. The molecular formula is C22H27ClN2O2. The van der Waals surface area contributed by atoms with Crippen LogP contribution in [-0.4, -0.2) is 19.0 Å². The molecule has 2 aromatic carbocycles. The molecular weight excluding hydrogens is 360 g/mol. The summed E-state index contributed by atoms with van der Waals surface area (Å²) in [5.74, 6) is 0.917. The van der Waals surface area contributed by atoms with Crippen LogP contribution in [0.25, 0.3) is 0 Å². The largest absolute Gasteiger partial charge is 0.489 e. The van der Waals surface area contributed by atoms with Crippen LogP contribution in [0.15, 0.2) is 60.2 Å². The fourth-order valence-electron chi connectivity index (χ4n) is 2.57. The van der Waals surface area contributed by atoms with E-state index in [9.17, 15) is 4.79 Å². The van der Waals surface area contributed by atoms with Gasteiger partial charge in [-0.3, -0.25) is 4.79 Å². The topological polar surface area (TPSA) is 55.6 Å². The monoisotopic (exact) mass is 386 g/mol. The molecule has 144 valence electrons. The van der Waals surface area contributed by atoms with Gasteiger partial charge in [0.15, 0.2) is 0 Å². The van der Waals surface area contributed by atoms with Crippen molar-refractivity contribution in [2.45, 2.75) is 27.4 Å². The molecule has 2 rings (SSSR count). The number of ether oxygens (including phenoxy) is 1. The van der Waals surface area contributed by atoms with Crippen LogP contribution < -0.4 is 15.4 Å². The second kappa shape index (κ2) is 10.0. The maximum Gasteiger partial charge on any atom is 0.244 e. The number of anilines is 1. The van der Waals surface area contributed by atoms with Gasteiger partial charge in [0.25, 0.3) is 0 Å². The molecule has 0 atom stereocenters. The summed E-state index contributed by atoms with van der Waals surface area (Å²) in [7, 11) is 0. The number of carbonyl (C=O) groups excluding carboxylic acids is 1. The standard InChI is InChI=1S/C22H27ClN2O2/c1-16(2)14-25(13-12-17(3)22(24)26)20-8-10-21(11-9-20)27-15-18-4-6-19(23)7-5-18/h4-12,16H,13-15H2,1-3H3,(H2,24,26). The molecule has 0 saturated heterocycles. The van der Waals surface area contributed by atoms with Gasteiger partial charge in [0.05, 0.1) is 0 Å². The number of halogens is 1. The highest BCUT2D eigenvalue weighted by atomic mass is 35.5. The molecule has 0 saturated carbocycles. The van der Waals surface area contributed by atoms with E-state index >= 15 is 0 Å². The predicted octanol–water partition coefficient (Wildman–Crippen LogP) is 4.81. The first kappa shape index (κ1) is 20.8. The van der Waals surface area contributed by atoms with Crippen molar-refractivity contribution in [1.82, 2.24) is 0 Å². The van der Waals surface area contributed by atoms with Crippen LogP contribution in [-0.2, 0) is 11.4 Å². The van der Waals surface area contributed by atoms with Crippen molar-refractivity contribution in [3.63, 3.8) is 0 Å². The summed E-state index contributed by atoms with van der Waals surface area (Å²) < 4.78 is 5.84. The molecule has 4 nitrogen and oxygen atoms in total. The van der Waals surface area contributed by atoms with Crippen molar-refractivity contribution < 1.29 is 9.53 Å². The second-order valence-corrected chi connectivity index (χ2v) is 7.40. The van der Waals surface area contributed by atoms with Crippen LogP contribution in [0.3, 0.4) is 0 Å². The van der Waals surface area contributed by atoms with Gasteiger partial charge in [-0.05, 0) is 54.8 Å². The Labute approximate surface area is 166 Å². The van der Waals surface area contributed by atoms with Gasteiger partial charge in [0.2, 0.25) is 5.91 Å². The first-order chi connectivity index (χ1) is 12.8. The molecule has 0 fully saturated rings. The number of nitrogens with zero attached hydrogens (tertiary/aromatic N) is 1. The van der Waals surface area contributed by atoms with Crippen molar-refractivity contribution in [3.8, 4) is 5.75 Å². The molecule has 0 aliphatic carbocycles. The van der Waals surface area contributed by atoms with E-state index in [1.54, 1.807) is 6.92 Å². The van der Waals surface area contributed by atoms with Gasteiger partial charge in [0.1, 0.15) is 12.4 Å². The van der Waals surface area contributed by atoms with E-state index in [1.165, 1.54) is 0 Å². The molecule has 0 aromatic heterocycles. The molecule has 0 bridgehead atoms. The molecule has 2 aromatic rings. The van der Waals surface area contributed by atoms with Crippen molar-refractivity contribution >= 4 is 23.2 Å². The number of benzene rings is 2. The summed E-state index contributed by atoms with van der Waals surface area (Å²) in [4.78, 5) is 13.5. The first-order valence-electron chi connectivity index (χ1n) is 9.04. The molecule has 0 heterocycles. The quantitative estimate of drug-likeness (QED) is 0.629. The fourth-order valence-corrected chi connectivity index (χ4v) is 2.70. The van der Waals surface area contributed by atoms with Gasteiger partial charge < -0.3 is 15.4 Å². The maximum atomic E-state index is 11.2. The van der Waals surface area contributed by atoms with Gasteiger partial charge in [-0.25, -0.2) is 0 Å². The van der Waals surface area contributed by atoms with E-state index < -0.39 is 0 Å². The number of hydrogen-bond acceptors (Lipinski definition) is 3. The van der Waals surface area contributed by atoms with E-state index in [0.29, 0.717) is 29.7 Å². The van der Waals surface area contributed by atoms with Crippen molar-refractivity contribution in [1.29, 1.82) is 0 Å². The number of amides is 1. The minimum Gasteiger partial charge on any atom is -0.489 e. The molecule has 0 spiro atoms. The average Bonchev–Trinajstić information content (AvgIpc) is 2.64. The summed E-state index contributed by atoms with van der Waals surface area (Å²) in [5, 5.41) is 0.717. The third-order valence-corrected chi connectivity index (χ3v) is 4.36. The van der Waals surface area contributed by atoms with Gasteiger partial charge in [-0.15, -0.1) is 0 Å².